The molecule has 2 aliphatic rings. The first-order chi connectivity index (χ1) is 14.4. The van der Waals surface area contributed by atoms with Crippen LogP contribution in [-0.2, 0) is 0 Å². The maximum Gasteiger partial charge on any atom is 0.119 e. The molecule has 0 heterocycles. The molecule has 2 fully saturated rings. The van der Waals surface area contributed by atoms with E-state index in [4.69, 9.17) is 0 Å². The Hall–Kier alpha value is -1.96. The summed E-state index contributed by atoms with van der Waals surface area (Å²) in [5.74, 6) is 2.21. The van der Waals surface area contributed by atoms with Gasteiger partial charge in [-0.2, -0.15) is 0 Å². The van der Waals surface area contributed by atoms with E-state index in [2.05, 4.69) is 39.8 Å². The monoisotopic (exact) mass is 406 g/mol. The van der Waals surface area contributed by atoms with Crippen molar-refractivity contribution in [2.45, 2.75) is 96.8 Å². The van der Waals surface area contributed by atoms with Gasteiger partial charge in [-0.15, -0.1) is 0 Å². The second kappa shape index (κ2) is 8.65. The van der Waals surface area contributed by atoms with E-state index in [0.717, 1.165) is 11.1 Å². The molecule has 2 aliphatic carbocycles. The van der Waals surface area contributed by atoms with Crippen LogP contribution in [0.4, 0.5) is 0 Å². The minimum Gasteiger partial charge on any atom is -0.508 e. The fraction of sp³-hybridized carbons (Fsp3) is 0.571. The lowest BCUT2D eigenvalue weighted by molar-refractivity contribution is 0.433. The quantitative estimate of drug-likeness (QED) is 0.531. The first-order valence-electron chi connectivity index (χ1n) is 12.0. The van der Waals surface area contributed by atoms with Gasteiger partial charge in [0.15, 0.2) is 0 Å². The van der Waals surface area contributed by atoms with E-state index in [-0.39, 0.29) is 11.8 Å². The van der Waals surface area contributed by atoms with E-state index in [1.54, 1.807) is 0 Å². The fourth-order valence-electron chi connectivity index (χ4n) is 6.21. The lowest BCUT2D eigenvalue weighted by Gasteiger charge is -2.27. The zero-order valence-corrected chi connectivity index (χ0v) is 19.2. The van der Waals surface area contributed by atoms with Gasteiger partial charge in [-0.05, 0) is 91.7 Å². The Morgan fingerprint density at radius 2 is 1.03 bits per heavy atom. The lowest BCUT2D eigenvalue weighted by atomic mass is 9.78. The molecule has 30 heavy (non-hydrogen) atoms. The van der Waals surface area contributed by atoms with Crippen molar-refractivity contribution < 1.29 is 10.2 Å². The second-order valence-corrected chi connectivity index (χ2v) is 10.2. The third-order valence-electron chi connectivity index (χ3n) is 7.76. The summed E-state index contributed by atoms with van der Waals surface area (Å²) in [7, 11) is 0. The van der Waals surface area contributed by atoms with Gasteiger partial charge < -0.3 is 10.2 Å². The fourth-order valence-corrected chi connectivity index (χ4v) is 6.21. The molecule has 2 saturated carbocycles. The summed E-state index contributed by atoms with van der Waals surface area (Å²) in [6.45, 7) is 8.73. The van der Waals surface area contributed by atoms with Crippen LogP contribution in [0.1, 0.15) is 116 Å². The number of phenols is 2. The zero-order valence-electron chi connectivity index (χ0n) is 19.2. The summed E-state index contributed by atoms with van der Waals surface area (Å²) in [5.41, 5.74) is 7.08. The Balaban J connectivity index is 1.74. The Bertz CT molecular complexity index is 828. The zero-order chi connectivity index (χ0) is 21.4. The van der Waals surface area contributed by atoms with Crippen molar-refractivity contribution in [2.75, 3.05) is 0 Å². The van der Waals surface area contributed by atoms with Crippen LogP contribution in [0.5, 0.6) is 11.5 Å². The molecule has 2 aromatic rings. The Labute approximate surface area is 182 Å². The SMILES string of the molecule is Cc1cc(C(c2cc(C)c(C3CCCC3)cc2O)C(C)C)c(O)cc1C1CCCC1. The van der Waals surface area contributed by atoms with Crippen molar-refractivity contribution in [1.82, 2.24) is 0 Å². The predicted octanol–water partition coefficient (Wildman–Crippen LogP) is 7.82. The van der Waals surface area contributed by atoms with Gasteiger partial charge in [0, 0.05) is 17.0 Å². The van der Waals surface area contributed by atoms with Gasteiger partial charge in [0.25, 0.3) is 0 Å². The number of hydrogen-bond acceptors (Lipinski definition) is 2. The molecule has 2 heteroatoms. The molecule has 0 amide bonds. The largest absolute Gasteiger partial charge is 0.508 e. The first-order valence-corrected chi connectivity index (χ1v) is 12.0. The molecule has 0 bridgehead atoms. The first kappa shape index (κ1) is 21.3. The van der Waals surface area contributed by atoms with Crippen molar-refractivity contribution in [2.24, 2.45) is 5.92 Å². The molecule has 0 aromatic heterocycles. The number of rotatable bonds is 5. The lowest BCUT2D eigenvalue weighted by Crippen LogP contribution is -2.11. The highest BCUT2D eigenvalue weighted by Crippen LogP contribution is 2.46. The van der Waals surface area contributed by atoms with E-state index in [0.29, 0.717) is 23.3 Å². The molecule has 2 N–H and O–H groups in total. The van der Waals surface area contributed by atoms with Gasteiger partial charge in [0.05, 0.1) is 0 Å². The average Bonchev–Trinajstić information content (AvgIpc) is 3.40. The molecule has 4 rings (SSSR count). The Kier molecular flexibility index (Phi) is 6.14. The van der Waals surface area contributed by atoms with Gasteiger partial charge in [0.2, 0.25) is 0 Å². The topological polar surface area (TPSA) is 40.5 Å². The summed E-state index contributed by atoms with van der Waals surface area (Å²) >= 11 is 0. The molecule has 2 aromatic carbocycles. The second-order valence-electron chi connectivity index (χ2n) is 10.2. The van der Waals surface area contributed by atoms with Crippen LogP contribution in [-0.4, -0.2) is 10.2 Å². The van der Waals surface area contributed by atoms with Crippen LogP contribution in [0, 0.1) is 19.8 Å². The minimum absolute atomic E-state index is 0.0161. The number of aryl methyl sites for hydroxylation is 2. The average molecular weight is 407 g/mol. The van der Waals surface area contributed by atoms with Crippen LogP contribution < -0.4 is 0 Å². The Morgan fingerprint density at radius 1 is 0.667 bits per heavy atom. The molecular weight excluding hydrogens is 368 g/mol. The van der Waals surface area contributed by atoms with Crippen molar-refractivity contribution in [3.63, 3.8) is 0 Å². The summed E-state index contributed by atoms with van der Waals surface area (Å²) in [5, 5.41) is 22.1. The highest BCUT2D eigenvalue weighted by Gasteiger charge is 2.28. The smallest absolute Gasteiger partial charge is 0.119 e. The van der Waals surface area contributed by atoms with Crippen molar-refractivity contribution >= 4 is 0 Å². The van der Waals surface area contributed by atoms with Crippen LogP contribution in [0.3, 0.4) is 0 Å². The van der Waals surface area contributed by atoms with E-state index >= 15 is 0 Å². The number of benzene rings is 2. The summed E-state index contributed by atoms with van der Waals surface area (Å²) in [6.07, 6.45) is 10.1. The molecule has 0 unspecified atom stereocenters. The summed E-state index contributed by atoms with van der Waals surface area (Å²) in [4.78, 5) is 0. The molecule has 0 atom stereocenters. The van der Waals surface area contributed by atoms with Gasteiger partial charge >= 0.3 is 0 Å². The molecule has 162 valence electrons. The van der Waals surface area contributed by atoms with Gasteiger partial charge in [-0.25, -0.2) is 0 Å². The summed E-state index contributed by atoms with van der Waals surface area (Å²) < 4.78 is 0. The van der Waals surface area contributed by atoms with Gasteiger partial charge in [-0.3, -0.25) is 0 Å². The maximum absolute atomic E-state index is 11.1. The maximum atomic E-state index is 11.1. The predicted molar refractivity (Wildman–Crippen MR) is 125 cm³/mol. The van der Waals surface area contributed by atoms with Gasteiger partial charge in [-0.1, -0.05) is 51.7 Å². The third-order valence-corrected chi connectivity index (χ3v) is 7.76. The van der Waals surface area contributed by atoms with Gasteiger partial charge in [0.1, 0.15) is 11.5 Å². The minimum atomic E-state index is -0.0161. The number of hydrogen-bond donors (Lipinski definition) is 2. The van der Waals surface area contributed by atoms with Crippen LogP contribution in [0.2, 0.25) is 0 Å². The molecule has 0 radical (unpaired) electrons. The van der Waals surface area contributed by atoms with E-state index in [1.807, 2.05) is 12.1 Å². The summed E-state index contributed by atoms with van der Waals surface area (Å²) in [6, 6.07) is 8.42. The number of aromatic hydroxyl groups is 2. The number of phenolic OH excluding ortho intramolecular Hbond substituents is 2. The van der Waals surface area contributed by atoms with Crippen molar-refractivity contribution in [3.8, 4) is 11.5 Å². The van der Waals surface area contributed by atoms with E-state index in [1.165, 1.54) is 73.6 Å². The van der Waals surface area contributed by atoms with Crippen molar-refractivity contribution in [1.29, 1.82) is 0 Å². The van der Waals surface area contributed by atoms with Crippen LogP contribution in [0.25, 0.3) is 0 Å². The normalized spacial score (nSPS) is 18.2. The molecule has 0 spiro atoms. The molecule has 0 saturated heterocycles. The molecule has 0 aliphatic heterocycles. The van der Waals surface area contributed by atoms with Crippen LogP contribution in [0.15, 0.2) is 24.3 Å². The van der Waals surface area contributed by atoms with Crippen LogP contribution >= 0.6 is 0 Å². The Morgan fingerprint density at radius 3 is 1.37 bits per heavy atom. The molecular formula is C28H38O2. The molecule has 2 nitrogen and oxygen atoms in total. The third kappa shape index (κ3) is 3.98. The van der Waals surface area contributed by atoms with E-state index < -0.39 is 0 Å². The highest BCUT2D eigenvalue weighted by molar-refractivity contribution is 5.53. The van der Waals surface area contributed by atoms with E-state index in [9.17, 15) is 10.2 Å². The highest BCUT2D eigenvalue weighted by atomic mass is 16.3. The van der Waals surface area contributed by atoms with Crippen molar-refractivity contribution in [3.05, 3.63) is 57.6 Å². The standard InChI is InChI=1S/C28H38O2/c1-17(2)28(24-13-18(3)22(15-26(24)29)20-9-5-6-10-20)25-14-19(4)23(16-27(25)30)21-11-7-8-12-21/h13-17,20-21,28-30H,5-12H2,1-4H3.